The molecule has 0 atom stereocenters. The van der Waals surface area contributed by atoms with Gasteiger partial charge in [0, 0.05) is 11.2 Å². The molecule has 0 spiro atoms. The Kier molecular flexibility index (Phi) is 6.48. The Balaban J connectivity index is 2.64. The Labute approximate surface area is 107 Å². The van der Waals surface area contributed by atoms with Crippen LogP contribution in [0.5, 0.6) is 5.75 Å². The fourth-order valence-electron chi connectivity index (χ4n) is 1.51. The van der Waals surface area contributed by atoms with E-state index >= 15 is 0 Å². The number of ether oxygens (including phenoxy) is 1. The number of methoxy groups -OCH3 is 1. The molecule has 0 bridgehead atoms. The Morgan fingerprint density at radius 2 is 2.12 bits per heavy atom. The van der Waals surface area contributed by atoms with Gasteiger partial charge in [-0.05, 0) is 23.8 Å². The molecule has 0 aliphatic rings. The van der Waals surface area contributed by atoms with E-state index in [1.54, 1.807) is 12.1 Å². The summed E-state index contributed by atoms with van der Waals surface area (Å²) in [6, 6.07) is 5.54. The van der Waals surface area contributed by atoms with Gasteiger partial charge in [-0.15, -0.1) is 0 Å². The largest absolute Gasteiger partial charge is 0.497 e. The molecule has 0 aliphatic carbocycles. The maximum atomic E-state index is 9.24. The summed E-state index contributed by atoms with van der Waals surface area (Å²) < 4.78 is 5.08. The molecule has 0 heterocycles. The van der Waals surface area contributed by atoms with Crippen LogP contribution in [0.15, 0.2) is 18.2 Å². The molecular weight excluding hydrogens is 235 g/mol. The molecule has 0 unspecified atom stereocenters. The molecule has 1 rings (SSSR count). The Morgan fingerprint density at radius 1 is 1.35 bits per heavy atom. The van der Waals surface area contributed by atoms with E-state index in [4.69, 9.17) is 4.74 Å². The van der Waals surface area contributed by atoms with Crippen molar-refractivity contribution < 1.29 is 14.8 Å². The number of hydrogen-bond donors (Lipinski definition) is 2. The maximum Gasteiger partial charge on any atom is 0.492 e. The zero-order valence-electron chi connectivity index (χ0n) is 10.3. The van der Waals surface area contributed by atoms with Crippen molar-refractivity contribution in [2.45, 2.75) is 25.5 Å². The van der Waals surface area contributed by atoms with Gasteiger partial charge < -0.3 is 14.8 Å². The highest BCUT2D eigenvalue weighted by Gasteiger charge is 2.17. The average molecular weight is 254 g/mol. The summed E-state index contributed by atoms with van der Waals surface area (Å²) in [7, 11) is 0.0437. The highest BCUT2D eigenvalue weighted by atomic mass is 32.2. The number of rotatable bonds is 7. The number of benzene rings is 1. The summed E-state index contributed by atoms with van der Waals surface area (Å²) in [5, 5.41) is 18.5. The van der Waals surface area contributed by atoms with Crippen molar-refractivity contribution in [3.63, 3.8) is 0 Å². The van der Waals surface area contributed by atoms with Gasteiger partial charge in [0.25, 0.3) is 0 Å². The molecule has 1 aromatic carbocycles. The van der Waals surface area contributed by atoms with Gasteiger partial charge in [0.2, 0.25) is 0 Å². The Hall–Kier alpha value is -0.645. The average Bonchev–Trinajstić information content (AvgIpc) is 2.34. The lowest BCUT2D eigenvalue weighted by Crippen LogP contribution is -2.31. The van der Waals surface area contributed by atoms with Crippen molar-refractivity contribution in [2.75, 3.05) is 12.9 Å². The van der Waals surface area contributed by atoms with E-state index in [0.717, 1.165) is 17.1 Å². The van der Waals surface area contributed by atoms with E-state index in [1.165, 1.54) is 20.0 Å². The van der Waals surface area contributed by atoms with Crippen LogP contribution in [0.3, 0.4) is 0 Å². The van der Waals surface area contributed by atoms with Crippen LogP contribution in [0.4, 0.5) is 0 Å². The van der Waals surface area contributed by atoms with Crippen LogP contribution in [0.1, 0.15) is 25.3 Å². The number of unbranched alkanes of at least 4 members (excludes halogenated alkanes) is 1. The predicted molar refractivity (Wildman–Crippen MR) is 73.9 cm³/mol. The third-order valence-electron chi connectivity index (χ3n) is 2.48. The first kappa shape index (κ1) is 14.4. The number of hydrogen-bond acceptors (Lipinski definition) is 4. The van der Waals surface area contributed by atoms with Crippen LogP contribution in [0.2, 0.25) is 0 Å². The zero-order valence-corrected chi connectivity index (χ0v) is 11.2. The molecule has 2 N–H and O–H groups in total. The summed E-state index contributed by atoms with van der Waals surface area (Å²) in [6.45, 7) is 2.17. The van der Waals surface area contributed by atoms with Crippen molar-refractivity contribution in [2.24, 2.45) is 0 Å². The van der Waals surface area contributed by atoms with Gasteiger partial charge in [0.05, 0.1) is 7.11 Å². The third kappa shape index (κ3) is 4.62. The van der Waals surface area contributed by atoms with E-state index in [0.29, 0.717) is 11.2 Å². The van der Waals surface area contributed by atoms with Crippen LogP contribution in [-0.4, -0.2) is 30.0 Å². The minimum absolute atomic E-state index is 0.432. The molecule has 0 aliphatic heterocycles. The second-order valence-electron chi connectivity index (χ2n) is 3.86. The maximum absolute atomic E-state index is 9.24. The van der Waals surface area contributed by atoms with Crippen LogP contribution in [0, 0.1) is 0 Å². The van der Waals surface area contributed by atoms with Crippen LogP contribution < -0.4 is 10.2 Å². The molecule has 0 amide bonds. The van der Waals surface area contributed by atoms with Crippen LogP contribution in [0.25, 0.3) is 0 Å². The summed E-state index contributed by atoms with van der Waals surface area (Å²) in [5.41, 5.74) is 1.52. The highest BCUT2D eigenvalue weighted by Crippen LogP contribution is 2.16. The number of thioether (sulfide) groups is 1. The molecule has 0 aromatic heterocycles. The normalized spacial score (nSPS) is 10.4. The fourth-order valence-corrected chi connectivity index (χ4v) is 2.56. The lowest BCUT2D eigenvalue weighted by Gasteiger charge is -2.10. The smallest absolute Gasteiger partial charge is 0.492 e. The summed E-state index contributed by atoms with van der Waals surface area (Å²) >= 11 is 1.86. The Bertz CT molecular complexity index is 345. The van der Waals surface area contributed by atoms with E-state index < -0.39 is 7.12 Å². The Morgan fingerprint density at radius 3 is 2.71 bits per heavy atom. The van der Waals surface area contributed by atoms with Crippen molar-refractivity contribution in [1.29, 1.82) is 0 Å². The minimum atomic E-state index is -1.48. The zero-order chi connectivity index (χ0) is 12.7. The topological polar surface area (TPSA) is 49.7 Å². The van der Waals surface area contributed by atoms with E-state index in [2.05, 4.69) is 6.92 Å². The van der Waals surface area contributed by atoms with Gasteiger partial charge in [0.1, 0.15) is 5.75 Å². The summed E-state index contributed by atoms with van der Waals surface area (Å²) in [6.07, 6.45) is 2.42. The SMILES string of the molecule is CCCCSCc1ccc(OC)c(B(O)O)c1. The minimum Gasteiger partial charge on any atom is -0.497 e. The molecule has 0 saturated carbocycles. The second kappa shape index (κ2) is 7.64. The van der Waals surface area contributed by atoms with Gasteiger partial charge in [-0.1, -0.05) is 25.5 Å². The molecule has 0 radical (unpaired) electrons. The quantitative estimate of drug-likeness (QED) is 0.570. The first-order chi connectivity index (χ1) is 8.19. The fraction of sp³-hybridized carbons (Fsp3) is 0.500. The van der Waals surface area contributed by atoms with Crippen molar-refractivity contribution in [1.82, 2.24) is 0 Å². The molecule has 0 fully saturated rings. The first-order valence-corrected chi connectivity index (χ1v) is 6.95. The lowest BCUT2D eigenvalue weighted by molar-refractivity contribution is 0.403. The van der Waals surface area contributed by atoms with Gasteiger partial charge >= 0.3 is 7.12 Å². The van der Waals surface area contributed by atoms with Gasteiger partial charge in [-0.3, -0.25) is 0 Å². The molecule has 1 aromatic rings. The van der Waals surface area contributed by atoms with E-state index in [1.807, 2.05) is 17.8 Å². The lowest BCUT2D eigenvalue weighted by atomic mass is 9.79. The molecular formula is C12H19BO3S. The summed E-state index contributed by atoms with van der Waals surface area (Å²) in [4.78, 5) is 0. The standard InChI is InChI=1S/C12H19BO3S/c1-3-4-7-17-9-10-5-6-12(16-2)11(8-10)13(14)15/h5-6,8,14-15H,3-4,7,9H2,1-2H3. The molecule has 3 nitrogen and oxygen atoms in total. The van der Waals surface area contributed by atoms with Gasteiger partial charge in [-0.2, -0.15) is 11.8 Å². The predicted octanol–water partition coefficient (Wildman–Crippen LogP) is 1.41. The second-order valence-corrected chi connectivity index (χ2v) is 4.96. The van der Waals surface area contributed by atoms with Gasteiger partial charge in [0.15, 0.2) is 0 Å². The molecule has 17 heavy (non-hydrogen) atoms. The van der Waals surface area contributed by atoms with Crippen LogP contribution in [-0.2, 0) is 5.75 Å². The highest BCUT2D eigenvalue weighted by molar-refractivity contribution is 7.98. The van der Waals surface area contributed by atoms with Crippen LogP contribution >= 0.6 is 11.8 Å². The van der Waals surface area contributed by atoms with Crippen molar-refractivity contribution >= 4 is 24.3 Å². The summed E-state index contributed by atoms with van der Waals surface area (Å²) in [5.74, 6) is 2.55. The molecule has 0 saturated heterocycles. The van der Waals surface area contributed by atoms with Crippen molar-refractivity contribution in [3.05, 3.63) is 23.8 Å². The van der Waals surface area contributed by atoms with Gasteiger partial charge in [-0.25, -0.2) is 0 Å². The molecule has 5 heteroatoms. The molecule has 94 valence electrons. The first-order valence-electron chi connectivity index (χ1n) is 5.79. The third-order valence-corrected chi connectivity index (χ3v) is 3.60. The van der Waals surface area contributed by atoms with Crippen molar-refractivity contribution in [3.8, 4) is 5.75 Å². The van der Waals surface area contributed by atoms with E-state index in [9.17, 15) is 10.0 Å². The van der Waals surface area contributed by atoms with E-state index in [-0.39, 0.29) is 0 Å². The monoisotopic (exact) mass is 254 g/mol.